The van der Waals surface area contributed by atoms with E-state index < -0.39 is 0 Å². The van der Waals surface area contributed by atoms with Crippen LogP contribution >= 0.6 is 24.0 Å². The normalized spacial score (nSPS) is 17.9. The lowest BCUT2D eigenvalue weighted by molar-refractivity contribution is 0.330. The highest BCUT2D eigenvalue weighted by Crippen LogP contribution is 2.07. The number of hydrogen-bond donors (Lipinski definition) is 2. The van der Waals surface area contributed by atoms with Crippen molar-refractivity contribution in [3.8, 4) is 0 Å². The zero-order valence-corrected chi connectivity index (χ0v) is 15.1. The molecule has 1 atom stereocenters. The van der Waals surface area contributed by atoms with E-state index in [1.165, 1.54) is 45.3 Å². The largest absolute Gasteiger partial charge is 0.356 e. The maximum Gasteiger partial charge on any atom is 0.191 e. The Hall–Kier alpha value is -0.0400. The van der Waals surface area contributed by atoms with Gasteiger partial charge in [0, 0.05) is 19.6 Å². The van der Waals surface area contributed by atoms with Crippen LogP contribution in [0.25, 0.3) is 0 Å². The summed E-state index contributed by atoms with van der Waals surface area (Å²) in [5.41, 5.74) is 0. The number of halogens is 1. The Morgan fingerprint density at radius 2 is 1.95 bits per heavy atom. The molecule has 0 aromatic rings. The van der Waals surface area contributed by atoms with Crippen molar-refractivity contribution >= 4 is 29.9 Å². The molecule has 4 nitrogen and oxygen atoms in total. The number of rotatable bonds is 7. The number of nitrogens with one attached hydrogen (secondary N) is 2. The minimum absolute atomic E-state index is 0. The molecular formula is C14H31IN4. The molecule has 19 heavy (non-hydrogen) atoms. The SMILES string of the molecule is CCC(C)NC(=NC)NCCCCN1CCCC1.I. The predicted molar refractivity (Wildman–Crippen MR) is 94.6 cm³/mol. The Labute approximate surface area is 135 Å². The van der Waals surface area contributed by atoms with Gasteiger partial charge in [0.25, 0.3) is 0 Å². The number of nitrogens with zero attached hydrogens (tertiary/aromatic N) is 2. The summed E-state index contributed by atoms with van der Waals surface area (Å²) >= 11 is 0. The second-order valence-corrected chi connectivity index (χ2v) is 5.21. The van der Waals surface area contributed by atoms with Gasteiger partial charge in [-0.2, -0.15) is 0 Å². The lowest BCUT2D eigenvalue weighted by Gasteiger charge is -2.17. The molecule has 5 heteroatoms. The molecule has 0 bridgehead atoms. The highest BCUT2D eigenvalue weighted by Gasteiger charge is 2.10. The standard InChI is InChI=1S/C14H30N4.HI/c1-4-13(2)17-14(15-3)16-9-5-6-10-18-11-7-8-12-18;/h13H,4-12H2,1-3H3,(H2,15,16,17);1H. The summed E-state index contributed by atoms with van der Waals surface area (Å²) in [4.78, 5) is 6.81. The second kappa shape index (κ2) is 11.8. The van der Waals surface area contributed by atoms with E-state index in [2.05, 4.69) is 34.4 Å². The number of hydrogen-bond acceptors (Lipinski definition) is 2. The molecule has 2 N–H and O–H groups in total. The maximum atomic E-state index is 4.24. The van der Waals surface area contributed by atoms with Gasteiger partial charge >= 0.3 is 0 Å². The van der Waals surface area contributed by atoms with Crippen molar-refractivity contribution in [3.63, 3.8) is 0 Å². The van der Waals surface area contributed by atoms with Crippen LogP contribution < -0.4 is 10.6 Å². The van der Waals surface area contributed by atoms with Gasteiger partial charge in [0.2, 0.25) is 0 Å². The fraction of sp³-hybridized carbons (Fsp3) is 0.929. The summed E-state index contributed by atoms with van der Waals surface area (Å²) in [7, 11) is 1.84. The van der Waals surface area contributed by atoms with Crippen LogP contribution in [-0.4, -0.2) is 50.1 Å². The third-order valence-electron chi connectivity index (χ3n) is 3.61. The molecule has 1 heterocycles. The minimum atomic E-state index is 0. The van der Waals surface area contributed by atoms with Gasteiger partial charge in [-0.15, -0.1) is 24.0 Å². The van der Waals surface area contributed by atoms with E-state index in [1.54, 1.807) is 0 Å². The Kier molecular flexibility index (Phi) is 11.7. The first-order chi connectivity index (χ1) is 8.76. The summed E-state index contributed by atoms with van der Waals surface area (Å²) in [5.74, 6) is 0.936. The molecule has 1 unspecified atom stereocenters. The second-order valence-electron chi connectivity index (χ2n) is 5.21. The molecular weight excluding hydrogens is 351 g/mol. The van der Waals surface area contributed by atoms with Gasteiger partial charge in [-0.3, -0.25) is 4.99 Å². The lowest BCUT2D eigenvalue weighted by Crippen LogP contribution is -2.42. The molecule has 1 aliphatic heterocycles. The molecule has 0 radical (unpaired) electrons. The van der Waals surface area contributed by atoms with Crippen molar-refractivity contribution in [2.45, 2.75) is 52.0 Å². The van der Waals surface area contributed by atoms with Crippen molar-refractivity contribution in [2.24, 2.45) is 4.99 Å². The molecule has 0 spiro atoms. The fourth-order valence-electron chi connectivity index (χ4n) is 2.20. The summed E-state index contributed by atoms with van der Waals surface area (Å²) in [6.45, 7) is 9.26. The van der Waals surface area contributed by atoms with Gasteiger partial charge in [-0.05, 0) is 58.7 Å². The van der Waals surface area contributed by atoms with Gasteiger partial charge in [-0.1, -0.05) is 6.92 Å². The van der Waals surface area contributed by atoms with Crippen molar-refractivity contribution in [1.29, 1.82) is 0 Å². The molecule has 1 saturated heterocycles. The quantitative estimate of drug-likeness (QED) is 0.308. The monoisotopic (exact) mass is 382 g/mol. The zero-order valence-electron chi connectivity index (χ0n) is 12.7. The van der Waals surface area contributed by atoms with Crippen LogP contribution in [0.1, 0.15) is 46.0 Å². The molecule has 1 rings (SSSR count). The van der Waals surface area contributed by atoms with E-state index >= 15 is 0 Å². The van der Waals surface area contributed by atoms with Crippen molar-refractivity contribution in [2.75, 3.05) is 33.2 Å². The van der Waals surface area contributed by atoms with E-state index in [0.29, 0.717) is 6.04 Å². The molecule has 0 saturated carbocycles. The number of unbranched alkanes of at least 4 members (excludes halogenated alkanes) is 1. The number of aliphatic imine (C=N–C) groups is 1. The highest BCUT2D eigenvalue weighted by atomic mass is 127. The zero-order chi connectivity index (χ0) is 13.2. The summed E-state index contributed by atoms with van der Waals surface area (Å²) < 4.78 is 0. The average Bonchev–Trinajstić information content (AvgIpc) is 2.89. The van der Waals surface area contributed by atoms with Crippen molar-refractivity contribution < 1.29 is 0 Å². The Balaban J connectivity index is 0.00000324. The smallest absolute Gasteiger partial charge is 0.191 e. The fourth-order valence-corrected chi connectivity index (χ4v) is 2.20. The lowest BCUT2D eigenvalue weighted by atomic mass is 10.2. The van der Waals surface area contributed by atoms with Crippen LogP contribution in [0.3, 0.4) is 0 Å². The van der Waals surface area contributed by atoms with Crippen molar-refractivity contribution in [1.82, 2.24) is 15.5 Å². The van der Waals surface area contributed by atoms with Gasteiger partial charge in [0.15, 0.2) is 5.96 Å². The van der Waals surface area contributed by atoms with Crippen molar-refractivity contribution in [3.05, 3.63) is 0 Å². The van der Waals surface area contributed by atoms with Gasteiger partial charge < -0.3 is 15.5 Å². The molecule has 114 valence electrons. The molecule has 1 aliphatic rings. The highest BCUT2D eigenvalue weighted by molar-refractivity contribution is 14.0. The minimum Gasteiger partial charge on any atom is -0.356 e. The molecule has 0 aromatic carbocycles. The van der Waals surface area contributed by atoms with Crippen LogP contribution in [0.15, 0.2) is 4.99 Å². The summed E-state index contributed by atoms with van der Waals surface area (Å²) in [6, 6.07) is 0.487. The van der Waals surface area contributed by atoms with Gasteiger partial charge in [0.05, 0.1) is 0 Å². The Morgan fingerprint density at radius 3 is 2.53 bits per heavy atom. The van der Waals surface area contributed by atoms with E-state index in [-0.39, 0.29) is 24.0 Å². The number of likely N-dealkylation sites (tertiary alicyclic amines) is 1. The van der Waals surface area contributed by atoms with E-state index in [1.807, 2.05) is 7.05 Å². The predicted octanol–water partition coefficient (Wildman–Crippen LogP) is 2.44. The Morgan fingerprint density at radius 1 is 1.26 bits per heavy atom. The first kappa shape index (κ1) is 19.0. The topological polar surface area (TPSA) is 39.7 Å². The molecule has 0 amide bonds. The van der Waals surface area contributed by atoms with Gasteiger partial charge in [0.1, 0.15) is 0 Å². The van der Waals surface area contributed by atoms with Crippen LogP contribution in [0.2, 0.25) is 0 Å². The van der Waals surface area contributed by atoms with Gasteiger partial charge in [-0.25, -0.2) is 0 Å². The van der Waals surface area contributed by atoms with Crippen LogP contribution in [0.5, 0.6) is 0 Å². The molecule has 0 aliphatic carbocycles. The third-order valence-corrected chi connectivity index (χ3v) is 3.61. The molecule has 0 aromatic heterocycles. The van der Waals surface area contributed by atoms with E-state index in [4.69, 9.17) is 0 Å². The van der Waals surface area contributed by atoms with E-state index in [0.717, 1.165) is 18.9 Å². The van der Waals surface area contributed by atoms with Crippen LogP contribution in [0, 0.1) is 0 Å². The third kappa shape index (κ3) is 8.68. The summed E-state index contributed by atoms with van der Waals surface area (Å²) in [6.07, 6.45) is 6.41. The summed E-state index contributed by atoms with van der Waals surface area (Å²) in [5, 5.41) is 6.76. The number of guanidine groups is 1. The van der Waals surface area contributed by atoms with Crippen LogP contribution in [0.4, 0.5) is 0 Å². The first-order valence-corrected chi connectivity index (χ1v) is 7.45. The first-order valence-electron chi connectivity index (χ1n) is 7.45. The maximum absolute atomic E-state index is 4.24. The van der Waals surface area contributed by atoms with Crippen LogP contribution in [-0.2, 0) is 0 Å². The Bertz CT molecular complexity index is 240. The van der Waals surface area contributed by atoms with E-state index in [9.17, 15) is 0 Å². The molecule has 1 fully saturated rings. The average molecular weight is 382 g/mol.